The Morgan fingerprint density at radius 2 is 2.08 bits per heavy atom. The second kappa shape index (κ2) is 9.04. The minimum Gasteiger partial charge on any atom is -0.379 e. The molecule has 5 nitrogen and oxygen atoms in total. The molecule has 0 amide bonds. The third-order valence-corrected chi connectivity index (χ3v) is 4.82. The van der Waals surface area contributed by atoms with Crippen LogP contribution < -0.4 is 15.5 Å². The van der Waals surface area contributed by atoms with Crippen molar-refractivity contribution in [3.63, 3.8) is 0 Å². The number of aliphatic imine (C=N–C) groups is 1. The summed E-state index contributed by atoms with van der Waals surface area (Å²) in [6.07, 6.45) is 4.67. The average Bonchev–Trinajstić information content (AvgIpc) is 3.45. The van der Waals surface area contributed by atoms with Crippen molar-refractivity contribution >= 4 is 11.6 Å². The highest BCUT2D eigenvalue weighted by Gasteiger charge is 2.21. The zero-order valence-corrected chi connectivity index (χ0v) is 15.0. The number of halogens is 1. The number of rotatable bonds is 7. The van der Waals surface area contributed by atoms with Gasteiger partial charge in [-0.05, 0) is 49.8 Å². The van der Waals surface area contributed by atoms with E-state index in [0.29, 0.717) is 6.04 Å². The second-order valence-electron chi connectivity index (χ2n) is 6.90. The maximum atomic E-state index is 13.4. The number of guanidine groups is 1. The summed E-state index contributed by atoms with van der Waals surface area (Å²) in [6.45, 7) is 4.22. The van der Waals surface area contributed by atoms with Gasteiger partial charge in [-0.25, -0.2) is 4.39 Å². The maximum Gasteiger partial charge on any atom is 0.191 e. The highest BCUT2D eigenvalue weighted by molar-refractivity contribution is 5.80. The quantitative estimate of drug-likeness (QED) is 0.451. The van der Waals surface area contributed by atoms with Gasteiger partial charge in [-0.2, -0.15) is 0 Å². The van der Waals surface area contributed by atoms with Gasteiger partial charge in [0.15, 0.2) is 5.96 Å². The van der Waals surface area contributed by atoms with Crippen molar-refractivity contribution in [3.8, 4) is 0 Å². The van der Waals surface area contributed by atoms with E-state index in [4.69, 9.17) is 4.74 Å². The second-order valence-corrected chi connectivity index (χ2v) is 6.90. The first-order valence-electron chi connectivity index (χ1n) is 9.30. The van der Waals surface area contributed by atoms with Crippen LogP contribution in [-0.4, -0.2) is 51.9 Å². The minimum absolute atomic E-state index is 0.175. The lowest BCUT2D eigenvalue weighted by atomic mass is 10.0. The van der Waals surface area contributed by atoms with Gasteiger partial charge in [-0.3, -0.25) is 4.99 Å². The molecule has 0 radical (unpaired) electrons. The van der Waals surface area contributed by atoms with Gasteiger partial charge >= 0.3 is 0 Å². The molecule has 0 aromatic heterocycles. The fraction of sp³-hybridized carbons (Fsp3) is 0.632. The van der Waals surface area contributed by atoms with Crippen molar-refractivity contribution in [2.24, 2.45) is 10.9 Å². The lowest BCUT2D eigenvalue weighted by molar-refractivity contribution is 0.129. The molecule has 1 aromatic rings. The van der Waals surface area contributed by atoms with E-state index in [9.17, 15) is 4.39 Å². The van der Waals surface area contributed by atoms with Crippen LogP contribution in [0.15, 0.2) is 29.3 Å². The third kappa shape index (κ3) is 5.88. The molecule has 0 bridgehead atoms. The van der Waals surface area contributed by atoms with E-state index in [0.717, 1.165) is 63.3 Å². The molecule has 1 aliphatic carbocycles. The van der Waals surface area contributed by atoms with Crippen molar-refractivity contribution in [1.29, 1.82) is 0 Å². The number of piperidine rings is 1. The molecule has 138 valence electrons. The molecule has 3 rings (SSSR count). The van der Waals surface area contributed by atoms with E-state index in [-0.39, 0.29) is 5.82 Å². The zero-order chi connectivity index (χ0) is 17.5. The lowest BCUT2D eigenvalue weighted by Crippen LogP contribution is -2.49. The molecule has 2 N–H and O–H groups in total. The van der Waals surface area contributed by atoms with Crippen molar-refractivity contribution in [2.75, 3.05) is 44.8 Å². The van der Waals surface area contributed by atoms with E-state index < -0.39 is 0 Å². The van der Waals surface area contributed by atoms with Gasteiger partial charge in [0.2, 0.25) is 0 Å². The molecular formula is C19H29FN4O. The number of anilines is 1. The number of ether oxygens (including phenoxy) is 1. The molecule has 1 aliphatic heterocycles. The first-order valence-corrected chi connectivity index (χ1v) is 9.30. The molecule has 0 spiro atoms. The van der Waals surface area contributed by atoms with Crippen LogP contribution in [0.25, 0.3) is 0 Å². The Labute approximate surface area is 149 Å². The summed E-state index contributed by atoms with van der Waals surface area (Å²) in [5.74, 6) is 1.46. The molecule has 1 aromatic carbocycles. The molecule has 1 saturated carbocycles. The van der Waals surface area contributed by atoms with Gasteiger partial charge in [-0.15, -0.1) is 0 Å². The summed E-state index contributed by atoms with van der Waals surface area (Å²) >= 11 is 0. The smallest absolute Gasteiger partial charge is 0.191 e. The molecule has 2 fully saturated rings. The molecule has 0 unspecified atom stereocenters. The lowest BCUT2D eigenvalue weighted by Gasteiger charge is -2.34. The summed E-state index contributed by atoms with van der Waals surface area (Å²) < 4.78 is 19.0. The number of nitrogens with one attached hydrogen (secondary N) is 2. The van der Waals surface area contributed by atoms with Gasteiger partial charge in [0, 0.05) is 45.0 Å². The number of benzene rings is 1. The minimum atomic E-state index is -0.175. The summed E-state index contributed by atoms with van der Waals surface area (Å²) in [4.78, 5) is 6.53. The monoisotopic (exact) mass is 348 g/mol. The Morgan fingerprint density at radius 3 is 2.76 bits per heavy atom. The van der Waals surface area contributed by atoms with Crippen LogP contribution in [-0.2, 0) is 4.74 Å². The SMILES string of the molecule is CN=C(NCCOCC1CC1)NC1CCN(c2cccc(F)c2)CC1. The summed E-state index contributed by atoms with van der Waals surface area (Å²) in [6, 6.07) is 7.23. The van der Waals surface area contributed by atoms with E-state index in [2.05, 4.69) is 20.5 Å². The number of hydrogen-bond acceptors (Lipinski definition) is 3. The van der Waals surface area contributed by atoms with Gasteiger partial charge in [0.25, 0.3) is 0 Å². The van der Waals surface area contributed by atoms with E-state index in [1.807, 2.05) is 6.07 Å². The maximum absolute atomic E-state index is 13.4. The molecule has 6 heteroatoms. The summed E-state index contributed by atoms with van der Waals surface area (Å²) in [5, 5.41) is 6.80. The van der Waals surface area contributed by atoms with Crippen LogP contribution in [0.1, 0.15) is 25.7 Å². The molecule has 2 aliphatic rings. The topological polar surface area (TPSA) is 48.9 Å². The van der Waals surface area contributed by atoms with Crippen LogP contribution in [0.3, 0.4) is 0 Å². The Hall–Kier alpha value is -1.82. The molecule has 1 saturated heterocycles. The Balaban J connectivity index is 1.35. The predicted octanol–water partition coefficient (Wildman–Crippen LogP) is 2.39. The zero-order valence-electron chi connectivity index (χ0n) is 15.0. The molecule has 25 heavy (non-hydrogen) atoms. The van der Waals surface area contributed by atoms with Crippen LogP contribution in [0.4, 0.5) is 10.1 Å². The fourth-order valence-electron chi connectivity index (χ4n) is 3.12. The Kier molecular flexibility index (Phi) is 6.50. The number of nitrogens with zero attached hydrogens (tertiary/aromatic N) is 2. The van der Waals surface area contributed by atoms with Gasteiger partial charge < -0.3 is 20.3 Å². The van der Waals surface area contributed by atoms with Crippen LogP contribution in [0.5, 0.6) is 0 Å². The third-order valence-electron chi connectivity index (χ3n) is 4.82. The van der Waals surface area contributed by atoms with Crippen LogP contribution in [0, 0.1) is 11.7 Å². The van der Waals surface area contributed by atoms with Gasteiger partial charge in [-0.1, -0.05) is 6.07 Å². The highest BCUT2D eigenvalue weighted by Crippen LogP contribution is 2.28. The van der Waals surface area contributed by atoms with E-state index in [1.165, 1.54) is 18.9 Å². The average molecular weight is 348 g/mol. The molecule has 1 heterocycles. The predicted molar refractivity (Wildman–Crippen MR) is 99.7 cm³/mol. The Bertz CT molecular complexity index is 568. The highest BCUT2D eigenvalue weighted by atomic mass is 19.1. The van der Waals surface area contributed by atoms with Crippen molar-refractivity contribution in [3.05, 3.63) is 30.1 Å². The van der Waals surface area contributed by atoms with Crippen LogP contribution in [0.2, 0.25) is 0 Å². The Morgan fingerprint density at radius 1 is 1.28 bits per heavy atom. The van der Waals surface area contributed by atoms with Crippen molar-refractivity contribution in [1.82, 2.24) is 10.6 Å². The van der Waals surface area contributed by atoms with Gasteiger partial charge in [0.05, 0.1) is 6.61 Å². The van der Waals surface area contributed by atoms with E-state index >= 15 is 0 Å². The summed E-state index contributed by atoms with van der Waals surface area (Å²) in [7, 11) is 1.79. The van der Waals surface area contributed by atoms with Crippen molar-refractivity contribution < 1.29 is 9.13 Å². The molecule has 0 atom stereocenters. The summed E-state index contributed by atoms with van der Waals surface area (Å²) in [5.41, 5.74) is 0.966. The van der Waals surface area contributed by atoms with Gasteiger partial charge in [0.1, 0.15) is 5.82 Å². The normalized spacial score (nSPS) is 19.1. The first kappa shape index (κ1) is 18.0. The van der Waals surface area contributed by atoms with E-state index in [1.54, 1.807) is 19.2 Å². The number of hydrogen-bond donors (Lipinski definition) is 2. The largest absolute Gasteiger partial charge is 0.379 e. The molecular weight excluding hydrogens is 319 g/mol. The van der Waals surface area contributed by atoms with Crippen LogP contribution >= 0.6 is 0 Å². The van der Waals surface area contributed by atoms with Crippen molar-refractivity contribution in [2.45, 2.75) is 31.7 Å². The first-order chi connectivity index (χ1) is 12.2. The fourth-order valence-corrected chi connectivity index (χ4v) is 3.12. The standard InChI is InChI=1S/C19H29FN4O/c1-21-19(22-9-12-25-14-15-5-6-15)23-17-7-10-24(11-8-17)18-4-2-3-16(20)13-18/h2-4,13,15,17H,5-12,14H2,1H3,(H2,21,22,23).